The van der Waals surface area contributed by atoms with Gasteiger partial charge in [-0.25, -0.2) is 9.18 Å². The molecule has 0 saturated carbocycles. The number of halogens is 1. The maximum atomic E-state index is 13.3. The molecule has 0 spiro atoms. The molecule has 150 valence electrons. The summed E-state index contributed by atoms with van der Waals surface area (Å²) in [5.74, 6) is -0.262. The molecule has 0 radical (unpaired) electrons. The van der Waals surface area contributed by atoms with Crippen LogP contribution >= 0.6 is 11.8 Å². The van der Waals surface area contributed by atoms with E-state index in [9.17, 15) is 14.0 Å². The van der Waals surface area contributed by atoms with Crippen LogP contribution in [0.1, 0.15) is 19.8 Å². The number of alkyl carbamates (subject to hydrolysis) is 1. The normalized spacial score (nSPS) is 17.3. The van der Waals surface area contributed by atoms with Crippen LogP contribution in [0.2, 0.25) is 0 Å². The van der Waals surface area contributed by atoms with E-state index in [-0.39, 0.29) is 11.9 Å². The summed E-state index contributed by atoms with van der Waals surface area (Å²) in [5.41, 5.74) is 0.713. The van der Waals surface area contributed by atoms with E-state index in [4.69, 9.17) is 4.74 Å². The first-order valence-corrected chi connectivity index (χ1v) is 9.72. The van der Waals surface area contributed by atoms with E-state index >= 15 is 0 Å². The molecular formula is C18H21FN4O4S. The van der Waals surface area contributed by atoms with Crippen molar-refractivity contribution in [3.63, 3.8) is 0 Å². The number of carbonyl (C=O) groups excluding carboxylic acids is 2. The number of carbonyl (C=O) groups is 2. The van der Waals surface area contributed by atoms with E-state index in [0.717, 1.165) is 12.8 Å². The highest BCUT2D eigenvalue weighted by atomic mass is 32.2. The fraction of sp³-hybridized carbons (Fsp3) is 0.444. The molecule has 1 aliphatic heterocycles. The highest BCUT2D eigenvalue weighted by Gasteiger charge is 2.25. The van der Waals surface area contributed by atoms with E-state index in [1.54, 1.807) is 19.1 Å². The Morgan fingerprint density at radius 2 is 2.14 bits per heavy atom. The van der Waals surface area contributed by atoms with Crippen molar-refractivity contribution in [2.75, 3.05) is 13.7 Å². The molecule has 1 aliphatic rings. The zero-order valence-corrected chi connectivity index (χ0v) is 16.4. The minimum atomic E-state index is -0.815. The molecule has 1 aromatic carbocycles. The number of aromatic nitrogens is 3. The van der Waals surface area contributed by atoms with Crippen LogP contribution in [0.5, 0.6) is 0 Å². The van der Waals surface area contributed by atoms with E-state index < -0.39 is 17.3 Å². The van der Waals surface area contributed by atoms with Crippen LogP contribution in [-0.2, 0) is 20.8 Å². The standard InChI is InChI=1S/C18H21FN4O4S/c1-11(16(24)20-18(25)26-2)28-17-22-21-15(12-5-7-13(19)8-6-12)23(17)10-14-4-3-9-27-14/h5-8,11,14H,3-4,9-10H2,1-2H3,(H,20,24,25)/t11-,14+/m0/s1. The Morgan fingerprint density at radius 3 is 2.79 bits per heavy atom. The fourth-order valence-corrected chi connectivity index (χ4v) is 3.67. The van der Waals surface area contributed by atoms with Crippen LogP contribution in [0, 0.1) is 5.82 Å². The number of amides is 2. The SMILES string of the molecule is COC(=O)NC(=O)[C@H](C)Sc1nnc(-c2ccc(F)cc2)n1C[C@H]1CCCO1. The highest BCUT2D eigenvalue weighted by molar-refractivity contribution is 8.00. The lowest BCUT2D eigenvalue weighted by atomic mass is 10.2. The molecule has 2 atom stereocenters. The molecule has 0 bridgehead atoms. The molecule has 0 aliphatic carbocycles. The first kappa shape index (κ1) is 20.3. The molecule has 28 heavy (non-hydrogen) atoms. The molecule has 3 rings (SSSR count). The summed E-state index contributed by atoms with van der Waals surface area (Å²) in [6.07, 6.45) is 1.11. The number of imide groups is 1. The van der Waals surface area contributed by atoms with Crippen LogP contribution in [0.15, 0.2) is 29.4 Å². The molecule has 0 unspecified atom stereocenters. The number of methoxy groups -OCH3 is 1. The summed E-state index contributed by atoms with van der Waals surface area (Å²) in [6, 6.07) is 5.99. The first-order valence-electron chi connectivity index (χ1n) is 8.84. The lowest BCUT2D eigenvalue weighted by Gasteiger charge is -2.16. The minimum Gasteiger partial charge on any atom is -0.453 e. The summed E-state index contributed by atoms with van der Waals surface area (Å²) in [7, 11) is 1.19. The van der Waals surface area contributed by atoms with Gasteiger partial charge in [-0.15, -0.1) is 10.2 Å². The van der Waals surface area contributed by atoms with Crippen molar-refractivity contribution in [2.45, 2.75) is 42.8 Å². The third kappa shape index (κ3) is 4.87. The van der Waals surface area contributed by atoms with Gasteiger partial charge in [-0.2, -0.15) is 0 Å². The van der Waals surface area contributed by atoms with E-state index in [0.29, 0.717) is 29.7 Å². The number of rotatable bonds is 6. The maximum absolute atomic E-state index is 13.3. The van der Waals surface area contributed by atoms with E-state index in [1.807, 2.05) is 4.57 Å². The summed E-state index contributed by atoms with van der Waals surface area (Å²) in [5, 5.41) is 10.5. The van der Waals surface area contributed by atoms with Gasteiger partial charge in [0.15, 0.2) is 11.0 Å². The van der Waals surface area contributed by atoms with Gasteiger partial charge in [-0.1, -0.05) is 11.8 Å². The highest BCUT2D eigenvalue weighted by Crippen LogP contribution is 2.29. The topological polar surface area (TPSA) is 95.3 Å². The fourth-order valence-electron chi connectivity index (χ4n) is 2.81. The first-order chi connectivity index (χ1) is 13.5. The second-order valence-electron chi connectivity index (χ2n) is 6.30. The van der Waals surface area contributed by atoms with Gasteiger partial charge < -0.3 is 9.47 Å². The van der Waals surface area contributed by atoms with E-state index in [1.165, 1.54) is 31.0 Å². The Morgan fingerprint density at radius 1 is 1.39 bits per heavy atom. The zero-order chi connectivity index (χ0) is 20.1. The average molecular weight is 408 g/mol. The second-order valence-corrected chi connectivity index (χ2v) is 7.61. The van der Waals surface area contributed by atoms with Crippen molar-refractivity contribution >= 4 is 23.8 Å². The molecule has 10 heteroatoms. The van der Waals surface area contributed by atoms with Crippen LogP contribution in [0.4, 0.5) is 9.18 Å². The Kier molecular flexibility index (Phi) is 6.63. The van der Waals surface area contributed by atoms with Crippen LogP contribution < -0.4 is 5.32 Å². The number of ether oxygens (including phenoxy) is 2. The summed E-state index contributed by atoms with van der Waals surface area (Å²) < 4.78 is 25.3. The molecule has 1 aromatic heterocycles. The number of hydrogen-bond acceptors (Lipinski definition) is 7. The van der Waals surface area contributed by atoms with Gasteiger partial charge >= 0.3 is 6.09 Å². The van der Waals surface area contributed by atoms with Gasteiger partial charge in [-0.05, 0) is 44.0 Å². The maximum Gasteiger partial charge on any atom is 0.413 e. The largest absolute Gasteiger partial charge is 0.453 e. The number of nitrogens with zero attached hydrogens (tertiary/aromatic N) is 3. The lowest BCUT2D eigenvalue weighted by Crippen LogP contribution is -2.36. The Hall–Kier alpha value is -2.46. The monoisotopic (exact) mass is 408 g/mol. The third-order valence-electron chi connectivity index (χ3n) is 4.29. The molecule has 2 amide bonds. The summed E-state index contributed by atoms with van der Waals surface area (Å²) in [4.78, 5) is 23.4. The number of thioether (sulfide) groups is 1. The Balaban J connectivity index is 1.84. The number of nitrogens with one attached hydrogen (secondary N) is 1. The molecule has 2 heterocycles. The van der Waals surface area contributed by atoms with Crippen molar-refractivity contribution in [2.24, 2.45) is 0 Å². The van der Waals surface area contributed by atoms with Gasteiger partial charge in [0.25, 0.3) is 0 Å². The van der Waals surface area contributed by atoms with E-state index in [2.05, 4.69) is 20.3 Å². The second kappa shape index (κ2) is 9.16. The van der Waals surface area contributed by atoms with Crippen molar-refractivity contribution in [3.8, 4) is 11.4 Å². The Bertz CT molecular complexity index is 837. The van der Waals surface area contributed by atoms with Gasteiger partial charge in [0, 0.05) is 12.2 Å². The smallest absolute Gasteiger partial charge is 0.413 e. The summed E-state index contributed by atoms with van der Waals surface area (Å²) >= 11 is 1.17. The van der Waals surface area contributed by atoms with Crippen molar-refractivity contribution < 1.29 is 23.5 Å². The quantitative estimate of drug-likeness (QED) is 0.734. The van der Waals surface area contributed by atoms with Gasteiger partial charge in [0.05, 0.1) is 25.0 Å². The lowest BCUT2D eigenvalue weighted by molar-refractivity contribution is -0.119. The minimum absolute atomic E-state index is 0.0220. The molecule has 1 N–H and O–H groups in total. The molecule has 2 aromatic rings. The molecule has 8 nitrogen and oxygen atoms in total. The number of hydrogen-bond donors (Lipinski definition) is 1. The van der Waals surface area contributed by atoms with Gasteiger partial charge in [0.2, 0.25) is 5.91 Å². The summed E-state index contributed by atoms with van der Waals surface area (Å²) in [6.45, 7) is 2.89. The zero-order valence-electron chi connectivity index (χ0n) is 15.6. The molecular weight excluding hydrogens is 387 g/mol. The number of benzene rings is 1. The van der Waals surface area contributed by atoms with Gasteiger partial charge in [0.1, 0.15) is 5.82 Å². The van der Waals surface area contributed by atoms with Crippen LogP contribution in [0.25, 0.3) is 11.4 Å². The van der Waals surface area contributed by atoms with Gasteiger partial charge in [-0.3, -0.25) is 14.7 Å². The predicted octanol–water partition coefficient (Wildman–Crippen LogP) is 2.63. The van der Waals surface area contributed by atoms with Crippen molar-refractivity contribution in [1.29, 1.82) is 0 Å². The van der Waals surface area contributed by atoms with Crippen LogP contribution in [-0.4, -0.2) is 51.8 Å². The Labute approximate surface area is 165 Å². The molecule has 1 fully saturated rings. The molecule has 1 saturated heterocycles. The van der Waals surface area contributed by atoms with Crippen molar-refractivity contribution in [1.82, 2.24) is 20.1 Å². The van der Waals surface area contributed by atoms with Crippen molar-refractivity contribution in [3.05, 3.63) is 30.1 Å². The van der Waals surface area contributed by atoms with Crippen LogP contribution in [0.3, 0.4) is 0 Å². The third-order valence-corrected chi connectivity index (χ3v) is 5.37. The average Bonchev–Trinajstić information content (AvgIpc) is 3.33. The predicted molar refractivity (Wildman–Crippen MR) is 100 cm³/mol.